The highest BCUT2D eigenvalue weighted by Crippen LogP contribution is 2.46. The van der Waals surface area contributed by atoms with E-state index in [4.69, 9.17) is 8.83 Å². The molecule has 0 spiro atoms. The number of anilines is 3. The van der Waals surface area contributed by atoms with Crippen LogP contribution in [0.25, 0.3) is 65.8 Å². The van der Waals surface area contributed by atoms with Gasteiger partial charge in [0.1, 0.15) is 22.3 Å². The summed E-state index contributed by atoms with van der Waals surface area (Å²) in [6.07, 6.45) is 0. The molecule has 0 bridgehead atoms. The van der Waals surface area contributed by atoms with Gasteiger partial charge in [0.05, 0.1) is 11.4 Å². The van der Waals surface area contributed by atoms with Crippen LogP contribution >= 0.6 is 0 Å². The molecule has 0 aliphatic rings. The number of para-hydroxylation sites is 3. The van der Waals surface area contributed by atoms with E-state index in [9.17, 15) is 0 Å². The maximum atomic E-state index is 6.37. The van der Waals surface area contributed by atoms with Crippen LogP contribution in [0, 0.1) is 0 Å². The van der Waals surface area contributed by atoms with Crippen LogP contribution in [0.4, 0.5) is 17.1 Å². The lowest BCUT2D eigenvalue weighted by atomic mass is 9.99. The fraction of sp³-hybridized carbons (Fsp3) is 0. The van der Waals surface area contributed by atoms with E-state index < -0.39 is 0 Å². The fourth-order valence-corrected chi connectivity index (χ4v) is 6.55. The summed E-state index contributed by atoms with van der Waals surface area (Å²) in [5, 5.41) is 6.81. The molecule has 0 saturated heterocycles. The summed E-state index contributed by atoms with van der Waals surface area (Å²) in [7, 11) is 0. The Bertz CT molecular complexity index is 2470. The van der Waals surface area contributed by atoms with Crippen molar-refractivity contribution in [3.05, 3.63) is 152 Å². The summed E-state index contributed by atoms with van der Waals surface area (Å²) < 4.78 is 12.6. The summed E-state index contributed by atoms with van der Waals surface area (Å²) >= 11 is 0. The van der Waals surface area contributed by atoms with Crippen molar-refractivity contribution in [2.24, 2.45) is 0 Å². The summed E-state index contributed by atoms with van der Waals surface area (Å²) in [6.45, 7) is 0. The van der Waals surface area contributed by atoms with E-state index in [1.54, 1.807) is 0 Å². The average Bonchev–Trinajstić information content (AvgIpc) is 3.64. The summed E-state index contributed by atoms with van der Waals surface area (Å²) in [5.74, 6) is 0. The number of furan rings is 2. The minimum Gasteiger partial charge on any atom is -0.456 e. The van der Waals surface area contributed by atoms with Crippen molar-refractivity contribution in [3.8, 4) is 11.1 Å². The second-order valence-corrected chi connectivity index (χ2v) is 10.9. The van der Waals surface area contributed by atoms with Gasteiger partial charge in [-0.05, 0) is 59.5 Å². The summed E-state index contributed by atoms with van der Waals surface area (Å²) in [4.78, 5) is 2.37. The Balaban J connectivity index is 1.36. The second kappa shape index (κ2) is 9.37. The smallest absolute Gasteiger partial charge is 0.137 e. The largest absolute Gasteiger partial charge is 0.456 e. The SMILES string of the molecule is c1ccc(-c2ccccc2N(c2ccc3c(c2)oc2ccccc23)c2cccc3c2ccc2oc4ccccc4c23)cc1. The van der Waals surface area contributed by atoms with E-state index >= 15 is 0 Å². The molecule has 202 valence electrons. The maximum Gasteiger partial charge on any atom is 0.137 e. The molecule has 9 aromatic rings. The zero-order valence-electron chi connectivity index (χ0n) is 23.2. The van der Waals surface area contributed by atoms with Crippen LogP contribution in [0.1, 0.15) is 0 Å². The van der Waals surface area contributed by atoms with Crippen LogP contribution in [0.2, 0.25) is 0 Å². The molecule has 0 saturated carbocycles. The molecule has 9 rings (SSSR count). The predicted molar refractivity (Wildman–Crippen MR) is 179 cm³/mol. The molecule has 0 aliphatic heterocycles. The molecule has 0 unspecified atom stereocenters. The Hall–Kier alpha value is -5.80. The number of hydrogen-bond donors (Lipinski definition) is 0. The molecular weight excluding hydrogens is 526 g/mol. The lowest BCUT2D eigenvalue weighted by molar-refractivity contribution is 0.668. The number of fused-ring (bicyclic) bond motifs is 8. The van der Waals surface area contributed by atoms with Crippen LogP contribution in [0.5, 0.6) is 0 Å². The zero-order chi connectivity index (χ0) is 28.3. The van der Waals surface area contributed by atoms with Gasteiger partial charge in [0.25, 0.3) is 0 Å². The van der Waals surface area contributed by atoms with Crippen molar-refractivity contribution in [1.82, 2.24) is 0 Å². The van der Waals surface area contributed by atoms with E-state index in [1.165, 1.54) is 0 Å². The fourth-order valence-electron chi connectivity index (χ4n) is 6.55. The Labute approximate surface area is 247 Å². The van der Waals surface area contributed by atoms with E-state index in [0.29, 0.717) is 0 Å². The molecule has 7 aromatic carbocycles. The Morgan fingerprint density at radius 3 is 1.88 bits per heavy atom. The summed E-state index contributed by atoms with van der Waals surface area (Å²) in [6, 6.07) is 53.1. The third kappa shape index (κ3) is 3.68. The first-order valence-corrected chi connectivity index (χ1v) is 14.5. The van der Waals surface area contributed by atoms with Gasteiger partial charge in [0.15, 0.2) is 0 Å². The standard InChI is InChI=1S/C40H25NO2/c1-2-11-26(12-3-1)28-13-4-7-17-34(28)41(27-21-22-31-30-14-5-8-19-36(30)43-39(31)25-27)35-18-10-16-32-29(35)23-24-38-40(32)33-15-6-9-20-37(33)42-38/h1-25H. The van der Waals surface area contributed by atoms with Gasteiger partial charge in [-0.15, -0.1) is 0 Å². The third-order valence-corrected chi connectivity index (χ3v) is 8.47. The van der Waals surface area contributed by atoms with Gasteiger partial charge in [0, 0.05) is 44.2 Å². The topological polar surface area (TPSA) is 29.5 Å². The van der Waals surface area contributed by atoms with Crippen molar-refractivity contribution in [2.75, 3.05) is 4.90 Å². The van der Waals surface area contributed by atoms with Crippen molar-refractivity contribution < 1.29 is 8.83 Å². The summed E-state index contributed by atoms with van der Waals surface area (Å²) in [5.41, 5.74) is 9.07. The monoisotopic (exact) mass is 551 g/mol. The van der Waals surface area contributed by atoms with Gasteiger partial charge in [-0.3, -0.25) is 0 Å². The zero-order valence-corrected chi connectivity index (χ0v) is 23.2. The van der Waals surface area contributed by atoms with Gasteiger partial charge < -0.3 is 13.7 Å². The molecule has 0 aliphatic carbocycles. The van der Waals surface area contributed by atoms with Crippen LogP contribution < -0.4 is 4.90 Å². The first kappa shape index (κ1) is 23.9. The van der Waals surface area contributed by atoms with E-state index in [-0.39, 0.29) is 0 Å². The van der Waals surface area contributed by atoms with Gasteiger partial charge >= 0.3 is 0 Å². The van der Waals surface area contributed by atoms with E-state index in [0.717, 1.165) is 82.8 Å². The molecule has 3 heteroatoms. The second-order valence-electron chi connectivity index (χ2n) is 10.9. The highest BCUT2D eigenvalue weighted by atomic mass is 16.3. The first-order valence-electron chi connectivity index (χ1n) is 14.5. The van der Waals surface area contributed by atoms with Crippen LogP contribution in [-0.4, -0.2) is 0 Å². The quantitative estimate of drug-likeness (QED) is 0.218. The van der Waals surface area contributed by atoms with E-state index in [2.05, 4.69) is 132 Å². The Morgan fingerprint density at radius 2 is 1.00 bits per heavy atom. The molecular formula is C40H25NO2. The van der Waals surface area contributed by atoms with Crippen LogP contribution in [-0.2, 0) is 0 Å². The molecule has 0 fully saturated rings. The highest BCUT2D eigenvalue weighted by Gasteiger charge is 2.21. The van der Waals surface area contributed by atoms with Gasteiger partial charge in [0.2, 0.25) is 0 Å². The van der Waals surface area contributed by atoms with Gasteiger partial charge in [-0.25, -0.2) is 0 Å². The molecule has 2 heterocycles. The average molecular weight is 552 g/mol. The molecule has 43 heavy (non-hydrogen) atoms. The normalized spacial score (nSPS) is 11.7. The molecule has 0 radical (unpaired) electrons. The molecule has 0 atom stereocenters. The van der Waals surface area contributed by atoms with Crippen molar-refractivity contribution in [2.45, 2.75) is 0 Å². The molecule has 0 amide bonds. The van der Waals surface area contributed by atoms with Crippen LogP contribution in [0.3, 0.4) is 0 Å². The van der Waals surface area contributed by atoms with E-state index in [1.807, 2.05) is 24.3 Å². The minimum atomic E-state index is 0.865. The Kier molecular flexibility index (Phi) is 5.20. The molecule has 3 nitrogen and oxygen atoms in total. The number of hydrogen-bond acceptors (Lipinski definition) is 3. The molecule has 0 N–H and O–H groups in total. The minimum absolute atomic E-state index is 0.865. The van der Waals surface area contributed by atoms with Crippen molar-refractivity contribution in [1.29, 1.82) is 0 Å². The lowest BCUT2D eigenvalue weighted by Crippen LogP contribution is -2.11. The maximum absolute atomic E-state index is 6.37. The number of rotatable bonds is 4. The predicted octanol–water partition coefficient (Wildman–Crippen LogP) is 11.8. The molecule has 2 aromatic heterocycles. The van der Waals surface area contributed by atoms with Crippen LogP contribution in [0.15, 0.2) is 160 Å². The van der Waals surface area contributed by atoms with Crippen molar-refractivity contribution in [3.63, 3.8) is 0 Å². The third-order valence-electron chi connectivity index (χ3n) is 8.47. The first-order chi connectivity index (χ1) is 21.3. The van der Waals surface area contributed by atoms with Crippen molar-refractivity contribution >= 4 is 71.7 Å². The number of benzene rings is 7. The Morgan fingerprint density at radius 1 is 0.372 bits per heavy atom. The van der Waals surface area contributed by atoms with Gasteiger partial charge in [-0.1, -0.05) is 97.1 Å². The van der Waals surface area contributed by atoms with Gasteiger partial charge in [-0.2, -0.15) is 0 Å². The highest BCUT2D eigenvalue weighted by molar-refractivity contribution is 6.21. The number of nitrogens with zero attached hydrogens (tertiary/aromatic N) is 1. The lowest BCUT2D eigenvalue weighted by Gasteiger charge is -2.29.